The van der Waals surface area contributed by atoms with Crippen LogP contribution in [0.25, 0.3) is 22.8 Å². The second-order valence-corrected chi connectivity index (χ2v) is 3.84. The average Bonchev–Trinajstić information content (AvgIpc) is 2.49. The van der Waals surface area contributed by atoms with Gasteiger partial charge in [-0.3, -0.25) is 9.97 Å². The first-order valence-corrected chi connectivity index (χ1v) is 5.73. The summed E-state index contributed by atoms with van der Waals surface area (Å²) in [6.07, 6.45) is 3.54. The van der Waals surface area contributed by atoms with Crippen molar-refractivity contribution in [3.8, 4) is 22.8 Å². The van der Waals surface area contributed by atoms with Crippen LogP contribution in [0.5, 0.6) is 0 Å². The molecule has 3 aromatic rings. The third-order valence-electron chi connectivity index (χ3n) is 2.60. The van der Waals surface area contributed by atoms with Crippen LogP contribution in [-0.2, 0) is 19.5 Å². The minimum absolute atomic E-state index is 0. The second-order valence-electron chi connectivity index (χ2n) is 3.84. The molecule has 0 saturated heterocycles. The van der Waals surface area contributed by atoms with Crippen LogP contribution in [0.4, 0.5) is 0 Å². The predicted molar refractivity (Wildman–Crippen MR) is 70.7 cm³/mol. The topological polar surface area (TPSA) is 38.7 Å². The molecule has 94 valence electrons. The zero-order valence-corrected chi connectivity index (χ0v) is 11.8. The van der Waals surface area contributed by atoms with Gasteiger partial charge in [-0.2, -0.15) is 0 Å². The maximum atomic E-state index is 4.59. The predicted octanol–water partition coefficient (Wildman–Crippen LogP) is 3.20. The SMILES string of the molecule is [Ru].c1ccc(-c2cccc(-c3ccccn3)n2)nc1. The molecule has 3 aromatic heterocycles. The van der Waals surface area contributed by atoms with Crippen molar-refractivity contribution in [1.29, 1.82) is 0 Å². The fraction of sp³-hybridized carbons (Fsp3) is 0. The van der Waals surface area contributed by atoms with Crippen molar-refractivity contribution in [1.82, 2.24) is 15.0 Å². The van der Waals surface area contributed by atoms with Gasteiger partial charge in [0.2, 0.25) is 0 Å². The fourth-order valence-corrected chi connectivity index (χ4v) is 1.75. The molecule has 0 amide bonds. The molecule has 0 aliphatic carbocycles. The number of nitrogens with zero attached hydrogens (tertiary/aromatic N) is 3. The van der Waals surface area contributed by atoms with Crippen LogP contribution in [0.15, 0.2) is 67.0 Å². The molecule has 3 nitrogen and oxygen atoms in total. The summed E-state index contributed by atoms with van der Waals surface area (Å²) in [6.45, 7) is 0. The molecule has 0 atom stereocenters. The van der Waals surface area contributed by atoms with E-state index >= 15 is 0 Å². The zero-order chi connectivity index (χ0) is 12.2. The standard InChI is InChI=1S/C15H11N3.Ru/c1-3-10-16-12(6-1)14-8-5-9-15(18-14)13-7-2-4-11-17-13;/h1-11H;. The number of hydrogen-bond acceptors (Lipinski definition) is 3. The van der Waals surface area contributed by atoms with Crippen LogP contribution < -0.4 is 0 Å². The Kier molecular flexibility index (Phi) is 4.48. The van der Waals surface area contributed by atoms with Gasteiger partial charge >= 0.3 is 0 Å². The molecular weight excluding hydrogens is 323 g/mol. The van der Waals surface area contributed by atoms with Gasteiger partial charge in [-0.05, 0) is 36.4 Å². The fourth-order valence-electron chi connectivity index (χ4n) is 1.75. The van der Waals surface area contributed by atoms with Crippen LogP contribution >= 0.6 is 0 Å². The Morgan fingerprint density at radius 1 is 0.526 bits per heavy atom. The number of aromatic nitrogens is 3. The van der Waals surface area contributed by atoms with Crippen molar-refractivity contribution in [2.45, 2.75) is 0 Å². The van der Waals surface area contributed by atoms with E-state index in [1.54, 1.807) is 12.4 Å². The first kappa shape index (κ1) is 13.5. The molecule has 3 rings (SSSR count). The minimum atomic E-state index is 0. The van der Waals surface area contributed by atoms with E-state index in [4.69, 9.17) is 0 Å². The Hall–Kier alpha value is -1.93. The maximum absolute atomic E-state index is 4.59. The van der Waals surface area contributed by atoms with E-state index < -0.39 is 0 Å². The average molecular weight is 334 g/mol. The van der Waals surface area contributed by atoms with E-state index in [9.17, 15) is 0 Å². The Labute approximate surface area is 124 Å². The van der Waals surface area contributed by atoms with E-state index in [1.807, 2.05) is 54.6 Å². The molecule has 0 aliphatic heterocycles. The molecule has 0 aromatic carbocycles. The summed E-state index contributed by atoms with van der Waals surface area (Å²) in [4.78, 5) is 13.2. The van der Waals surface area contributed by atoms with E-state index in [2.05, 4.69) is 15.0 Å². The molecule has 4 heteroatoms. The van der Waals surface area contributed by atoms with Crippen molar-refractivity contribution in [2.75, 3.05) is 0 Å². The minimum Gasteiger partial charge on any atom is -0.255 e. The van der Waals surface area contributed by atoms with Crippen molar-refractivity contribution in [3.05, 3.63) is 67.0 Å². The van der Waals surface area contributed by atoms with Crippen LogP contribution in [-0.4, -0.2) is 15.0 Å². The molecule has 19 heavy (non-hydrogen) atoms. The summed E-state index contributed by atoms with van der Waals surface area (Å²) < 4.78 is 0. The summed E-state index contributed by atoms with van der Waals surface area (Å²) >= 11 is 0. The van der Waals surface area contributed by atoms with Gasteiger partial charge < -0.3 is 0 Å². The van der Waals surface area contributed by atoms with Crippen molar-refractivity contribution < 1.29 is 19.5 Å². The molecule has 0 fully saturated rings. The Morgan fingerprint density at radius 3 is 1.42 bits per heavy atom. The van der Waals surface area contributed by atoms with Crippen molar-refractivity contribution in [2.24, 2.45) is 0 Å². The summed E-state index contributed by atoms with van der Waals surface area (Å²) in [5.41, 5.74) is 3.46. The maximum Gasteiger partial charge on any atom is 0.0894 e. The number of pyridine rings is 3. The van der Waals surface area contributed by atoms with E-state index in [0.717, 1.165) is 22.8 Å². The number of rotatable bonds is 2. The van der Waals surface area contributed by atoms with Crippen LogP contribution in [0, 0.1) is 0 Å². The molecule has 0 unspecified atom stereocenters. The van der Waals surface area contributed by atoms with Gasteiger partial charge in [-0.15, -0.1) is 0 Å². The first-order chi connectivity index (χ1) is 8.93. The van der Waals surface area contributed by atoms with Gasteiger partial charge in [0.15, 0.2) is 0 Å². The quantitative estimate of drug-likeness (QED) is 0.676. The van der Waals surface area contributed by atoms with Crippen molar-refractivity contribution >= 4 is 0 Å². The Bertz CT molecular complexity index is 587. The molecule has 0 bridgehead atoms. The Morgan fingerprint density at radius 2 is 1.00 bits per heavy atom. The summed E-state index contributed by atoms with van der Waals surface area (Å²) in [6, 6.07) is 17.5. The third-order valence-corrected chi connectivity index (χ3v) is 2.60. The Balaban J connectivity index is 0.00000133. The number of hydrogen-bond donors (Lipinski definition) is 0. The monoisotopic (exact) mass is 335 g/mol. The summed E-state index contributed by atoms with van der Waals surface area (Å²) in [5, 5.41) is 0. The van der Waals surface area contributed by atoms with Gasteiger partial charge in [0, 0.05) is 31.9 Å². The van der Waals surface area contributed by atoms with E-state index in [0.29, 0.717) is 0 Å². The normalized spacial score (nSPS) is 9.68. The molecular formula is C15H11N3Ru. The molecule has 0 spiro atoms. The molecule has 0 radical (unpaired) electrons. The first-order valence-electron chi connectivity index (χ1n) is 5.73. The van der Waals surface area contributed by atoms with Gasteiger partial charge in [0.05, 0.1) is 22.8 Å². The van der Waals surface area contributed by atoms with Crippen molar-refractivity contribution in [3.63, 3.8) is 0 Å². The van der Waals surface area contributed by atoms with Gasteiger partial charge in [-0.1, -0.05) is 18.2 Å². The van der Waals surface area contributed by atoms with Gasteiger partial charge in [0.25, 0.3) is 0 Å². The molecule has 0 aliphatic rings. The van der Waals surface area contributed by atoms with E-state index in [1.165, 1.54) is 0 Å². The molecule has 0 saturated carbocycles. The third kappa shape index (κ3) is 3.09. The van der Waals surface area contributed by atoms with Crippen LogP contribution in [0.2, 0.25) is 0 Å². The molecule has 0 N–H and O–H groups in total. The second kappa shape index (κ2) is 6.30. The summed E-state index contributed by atoms with van der Waals surface area (Å²) in [5.74, 6) is 0. The summed E-state index contributed by atoms with van der Waals surface area (Å²) in [7, 11) is 0. The van der Waals surface area contributed by atoms with Crippen LogP contribution in [0.3, 0.4) is 0 Å². The van der Waals surface area contributed by atoms with Gasteiger partial charge in [-0.25, -0.2) is 4.98 Å². The zero-order valence-electron chi connectivity index (χ0n) is 10.0. The largest absolute Gasteiger partial charge is 0.255 e. The van der Waals surface area contributed by atoms with Crippen LogP contribution in [0.1, 0.15) is 0 Å². The smallest absolute Gasteiger partial charge is 0.0894 e. The van der Waals surface area contributed by atoms with E-state index in [-0.39, 0.29) is 19.5 Å². The molecule has 3 heterocycles. The van der Waals surface area contributed by atoms with Gasteiger partial charge in [0.1, 0.15) is 0 Å².